The van der Waals surface area contributed by atoms with E-state index in [9.17, 15) is 13.2 Å². The molecule has 0 aliphatic rings. The predicted octanol–water partition coefficient (Wildman–Crippen LogP) is 1.50. The van der Waals surface area contributed by atoms with Crippen LogP contribution in [0, 0.1) is 0 Å². The van der Waals surface area contributed by atoms with Crippen LogP contribution in [-0.2, 0) is 21.2 Å². The summed E-state index contributed by atoms with van der Waals surface area (Å²) in [5.41, 5.74) is 0.988. The molecule has 0 saturated heterocycles. The van der Waals surface area contributed by atoms with Gasteiger partial charge in [-0.25, -0.2) is 8.42 Å². The molecule has 4 nitrogen and oxygen atoms in total. The van der Waals surface area contributed by atoms with Gasteiger partial charge < -0.3 is 4.79 Å². The van der Waals surface area contributed by atoms with E-state index in [4.69, 9.17) is 0 Å². The molecule has 0 aliphatic carbocycles. The van der Waals surface area contributed by atoms with Gasteiger partial charge in [0.05, 0.1) is 16.7 Å². The van der Waals surface area contributed by atoms with Crippen molar-refractivity contribution in [1.29, 1.82) is 0 Å². The molecule has 0 fully saturated rings. The third-order valence-electron chi connectivity index (χ3n) is 2.71. The molecule has 0 unspecified atom stereocenters. The lowest BCUT2D eigenvalue weighted by Crippen LogP contribution is -2.20. The van der Waals surface area contributed by atoms with Gasteiger partial charge >= 0.3 is 0 Å². The SMILES string of the molecule is CC(C)S(=O)(=O)c1ccc(CN(C)CC=O)cc1. The molecular weight excluding hydrogens is 250 g/mol. The topological polar surface area (TPSA) is 54.5 Å². The van der Waals surface area contributed by atoms with E-state index in [0.717, 1.165) is 11.8 Å². The molecule has 0 amide bonds. The molecular formula is C13H19NO3S. The zero-order chi connectivity index (χ0) is 13.8. The van der Waals surface area contributed by atoms with Crippen molar-refractivity contribution < 1.29 is 13.2 Å². The largest absolute Gasteiger partial charge is 0.302 e. The average Bonchev–Trinajstić information content (AvgIpc) is 2.29. The van der Waals surface area contributed by atoms with Gasteiger partial charge in [-0.3, -0.25) is 4.90 Å². The van der Waals surface area contributed by atoms with Crippen molar-refractivity contribution in [2.75, 3.05) is 13.6 Å². The van der Waals surface area contributed by atoms with Gasteiger partial charge in [0.1, 0.15) is 6.29 Å². The lowest BCUT2D eigenvalue weighted by Gasteiger charge is -2.13. The molecule has 0 saturated carbocycles. The van der Waals surface area contributed by atoms with Crippen molar-refractivity contribution >= 4 is 16.1 Å². The summed E-state index contributed by atoms with van der Waals surface area (Å²) in [5.74, 6) is 0. The molecule has 0 aliphatic heterocycles. The highest BCUT2D eigenvalue weighted by Gasteiger charge is 2.18. The lowest BCUT2D eigenvalue weighted by atomic mass is 10.2. The second-order valence-corrected chi connectivity index (χ2v) is 7.11. The monoisotopic (exact) mass is 269 g/mol. The van der Waals surface area contributed by atoms with Gasteiger partial charge in [0.2, 0.25) is 0 Å². The Morgan fingerprint density at radius 3 is 2.22 bits per heavy atom. The maximum absolute atomic E-state index is 11.9. The Morgan fingerprint density at radius 1 is 1.22 bits per heavy atom. The molecule has 0 aromatic heterocycles. The number of likely N-dealkylation sites (N-methyl/N-ethyl adjacent to an activating group) is 1. The van der Waals surface area contributed by atoms with E-state index < -0.39 is 15.1 Å². The lowest BCUT2D eigenvalue weighted by molar-refractivity contribution is -0.108. The smallest absolute Gasteiger partial charge is 0.180 e. The van der Waals surface area contributed by atoms with Crippen LogP contribution in [-0.4, -0.2) is 38.4 Å². The number of sulfone groups is 1. The van der Waals surface area contributed by atoms with E-state index in [0.29, 0.717) is 18.0 Å². The quantitative estimate of drug-likeness (QED) is 0.734. The molecule has 0 N–H and O–H groups in total. The number of nitrogens with zero attached hydrogens (tertiary/aromatic N) is 1. The molecule has 0 radical (unpaired) electrons. The van der Waals surface area contributed by atoms with E-state index in [1.54, 1.807) is 38.1 Å². The van der Waals surface area contributed by atoms with Gasteiger partial charge in [-0.2, -0.15) is 0 Å². The summed E-state index contributed by atoms with van der Waals surface area (Å²) in [4.78, 5) is 12.6. The first-order valence-electron chi connectivity index (χ1n) is 5.83. The number of carbonyl (C=O) groups excluding carboxylic acids is 1. The molecule has 1 aromatic carbocycles. The van der Waals surface area contributed by atoms with Crippen LogP contribution in [0.3, 0.4) is 0 Å². The zero-order valence-corrected chi connectivity index (χ0v) is 11.8. The van der Waals surface area contributed by atoms with Crippen LogP contribution in [0.2, 0.25) is 0 Å². The first kappa shape index (κ1) is 14.9. The van der Waals surface area contributed by atoms with Gasteiger partial charge in [0.25, 0.3) is 0 Å². The fourth-order valence-electron chi connectivity index (χ4n) is 1.56. The second kappa shape index (κ2) is 6.11. The van der Waals surface area contributed by atoms with Crippen LogP contribution in [0.4, 0.5) is 0 Å². The van der Waals surface area contributed by atoms with E-state index >= 15 is 0 Å². The highest BCUT2D eigenvalue weighted by atomic mass is 32.2. The summed E-state index contributed by atoms with van der Waals surface area (Å²) in [7, 11) is -1.36. The number of rotatable bonds is 6. The van der Waals surface area contributed by atoms with Gasteiger partial charge in [0.15, 0.2) is 9.84 Å². The van der Waals surface area contributed by atoms with Crippen molar-refractivity contribution in [3.05, 3.63) is 29.8 Å². The maximum atomic E-state index is 11.9. The Balaban J connectivity index is 2.84. The number of aldehydes is 1. The first-order valence-corrected chi connectivity index (χ1v) is 7.37. The van der Waals surface area contributed by atoms with E-state index in [1.807, 2.05) is 11.9 Å². The van der Waals surface area contributed by atoms with Crippen molar-refractivity contribution in [2.45, 2.75) is 30.5 Å². The summed E-state index contributed by atoms with van der Waals surface area (Å²) in [6.45, 7) is 4.33. The van der Waals surface area contributed by atoms with Crippen LogP contribution >= 0.6 is 0 Å². The summed E-state index contributed by atoms with van der Waals surface area (Å²) in [6.07, 6.45) is 0.845. The van der Waals surface area contributed by atoms with Crippen LogP contribution in [0.15, 0.2) is 29.2 Å². The summed E-state index contributed by atoms with van der Waals surface area (Å²) in [5, 5.41) is -0.416. The number of hydrogen-bond acceptors (Lipinski definition) is 4. The van der Waals surface area contributed by atoms with Gasteiger partial charge in [-0.15, -0.1) is 0 Å². The molecule has 1 rings (SSSR count). The predicted molar refractivity (Wildman–Crippen MR) is 71.2 cm³/mol. The molecule has 1 aromatic rings. The molecule has 18 heavy (non-hydrogen) atoms. The van der Waals surface area contributed by atoms with Crippen LogP contribution in [0.25, 0.3) is 0 Å². The van der Waals surface area contributed by atoms with E-state index in [1.165, 1.54) is 0 Å². The molecule has 5 heteroatoms. The Hall–Kier alpha value is -1.20. The normalized spacial score (nSPS) is 12.1. The molecule has 0 spiro atoms. The Labute approximate surface area is 109 Å². The van der Waals surface area contributed by atoms with E-state index in [2.05, 4.69) is 0 Å². The third kappa shape index (κ3) is 3.65. The minimum Gasteiger partial charge on any atom is -0.302 e. The number of benzene rings is 1. The van der Waals surface area contributed by atoms with Gasteiger partial charge in [-0.1, -0.05) is 12.1 Å². The third-order valence-corrected chi connectivity index (χ3v) is 4.88. The summed E-state index contributed by atoms with van der Waals surface area (Å²) < 4.78 is 23.8. The Morgan fingerprint density at radius 2 is 1.78 bits per heavy atom. The second-order valence-electron chi connectivity index (χ2n) is 4.60. The fraction of sp³-hybridized carbons (Fsp3) is 0.462. The standard InChI is InChI=1S/C13H19NO3S/c1-11(2)18(16,17)13-6-4-12(5-7-13)10-14(3)8-9-15/h4-7,9,11H,8,10H2,1-3H3. The molecule has 100 valence electrons. The number of carbonyl (C=O) groups is 1. The Bertz CT molecular complexity index is 491. The average molecular weight is 269 g/mol. The highest BCUT2D eigenvalue weighted by molar-refractivity contribution is 7.92. The maximum Gasteiger partial charge on any atom is 0.180 e. The van der Waals surface area contributed by atoms with Gasteiger partial charge in [0, 0.05) is 6.54 Å². The van der Waals surface area contributed by atoms with Crippen molar-refractivity contribution in [1.82, 2.24) is 4.90 Å². The van der Waals surface area contributed by atoms with Gasteiger partial charge in [-0.05, 0) is 38.6 Å². The van der Waals surface area contributed by atoms with Crippen molar-refractivity contribution in [3.8, 4) is 0 Å². The van der Waals surface area contributed by atoms with E-state index in [-0.39, 0.29) is 0 Å². The number of hydrogen-bond donors (Lipinski definition) is 0. The molecule has 0 heterocycles. The zero-order valence-electron chi connectivity index (χ0n) is 11.0. The minimum absolute atomic E-state index is 0.347. The molecule has 0 atom stereocenters. The summed E-state index contributed by atoms with van der Waals surface area (Å²) in [6, 6.07) is 6.83. The van der Waals surface area contributed by atoms with Crippen molar-refractivity contribution in [2.24, 2.45) is 0 Å². The van der Waals surface area contributed by atoms with Crippen LogP contribution < -0.4 is 0 Å². The first-order chi connectivity index (χ1) is 8.37. The van der Waals surface area contributed by atoms with Crippen LogP contribution in [0.5, 0.6) is 0 Å². The Kier molecular flexibility index (Phi) is 5.04. The molecule has 0 bridgehead atoms. The highest BCUT2D eigenvalue weighted by Crippen LogP contribution is 2.16. The van der Waals surface area contributed by atoms with Crippen LogP contribution in [0.1, 0.15) is 19.4 Å². The fourth-order valence-corrected chi connectivity index (χ4v) is 2.62. The van der Waals surface area contributed by atoms with Crippen molar-refractivity contribution in [3.63, 3.8) is 0 Å². The summed E-state index contributed by atoms with van der Waals surface area (Å²) >= 11 is 0. The minimum atomic E-state index is -3.20.